The fourth-order valence-corrected chi connectivity index (χ4v) is 1.76. The van der Waals surface area contributed by atoms with Gasteiger partial charge in [0.25, 0.3) is 5.56 Å². The first kappa shape index (κ1) is 13.7. The monoisotopic (exact) mass is 257 g/mol. The molecule has 6 heteroatoms. The van der Waals surface area contributed by atoms with Gasteiger partial charge in [-0.2, -0.15) is 0 Å². The van der Waals surface area contributed by atoms with Crippen LogP contribution in [0.1, 0.15) is 12.8 Å². The maximum absolute atomic E-state index is 11.7. The number of rotatable bonds is 2. The minimum absolute atomic E-state index is 0. The number of amides is 1. The fraction of sp³-hybridized carbons (Fsp3) is 0.455. The predicted octanol–water partition coefficient (Wildman–Crippen LogP) is 0.498. The van der Waals surface area contributed by atoms with Crippen LogP contribution in [0, 0.1) is 0 Å². The number of anilines is 1. The molecule has 5 nitrogen and oxygen atoms in total. The molecule has 1 amide bonds. The average Bonchev–Trinajstić information content (AvgIpc) is 2.77. The molecule has 1 aromatic heterocycles. The van der Waals surface area contributed by atoms with Crippen molar-refractivity contribution in [3.63, 3.8) is 0 Å². The summed E-state index contributed by atoms with van der Waals surface area (Å²) < 4.78 is 1.46. The van der Waals surface area contributed by atoms with Gasteiger partial charge in [0.2, 0.25) is 5.91 Å². The van der Waals surface area contributed by atoms with Crippen LogP contribution >= 0.6 is 12.4 Å². The topological polar surface area (TPSA) is 63.1 Å². The van der Waals surface area contributed by atoms with Gasteiger partial charge in [0.15, 0.2) is 0 Å². The first-order valence-electron chi connectivity index (χ1n) is 5.38. The Hall–Kier alpha value is -1.33. The van der Waals surface area contributed by atoms with Crippen LogP contribution in [0.3, 0.4) is 0 Å². The second kappa shape index (κ2) is 5.84. The van der Waals surface area contributed by atoms with Gasteiger partial charge in [0.1, 0.15) is 0 Å². The average molecular weight is 258 g/mol. The summed E-state index contributed by atoms with van der Waals surface area (Å²) in [7, 11) is 1.67. The smallest absolute Gasteiger partial charge is 0.252 e. The van der Waals surface area contributed by atoms with Crippen LogP contribution in [-0.2, 0) is 11.8 Å². The SMILES string of the molecule is Cl.Cn1ccc(NC(=O)[C@@H]2CCCN2)cc1=O. The second-order valence-corrected chi connectivity index (χ2v) is 4.00. The standard InChI is InChI=1S/C11H15N3O2.ClH/c1-14-6-4-8(7-10(14)15)13-11(16)9-3-2-5-12-9;/h4,6-7,9,12H,2-3,5H2,1H3,(H,13,16);1H/t9-;/m0./s1. The van der Waals surface area contributed by atoms with Crippen LogP contribution in [-0.4, -0.2) is 23.1 Å². The highest BCUT2D eigenvalue weighted by molar-refractivity contribution is 5.94. The van der Waals surface area contributed by atoms with E-state index in [0.717, 1.165) is 19.4 Å². The van der Waals surface area contributed by atoms with Gasteiger partial charge in [-0.15, -0.1) is 12.4 Å². The van der Waals surface area contributed by atoms with Crippen molar-refractivity contribution >= 4 is 24.0 Å². The summed E-state index contributed by atoms with van der Waals surface area (Å²) in [4.78, 5) is 23.1. The summed E-state index contributed by atoms with van der Waals surface area (Å²) >= 11 is 0. The zero-order valence-electron chi connectivity index (χ0n) is 9.60. The third-order valence-electron chi connectivity index (χ3n) is 2.75. The molecular weight excluding hydrogens is 242 g/mol. The molecule has 1 fully saturated rings. The Morgan fingerprint density at radius 1 is 1.59 bits per heavy atom. The molecule has 0 aliphatic carbocycles. The van der Waals surface area contributed by atoms with Crippen LogP contribution in [0.4, 0.5) is 5.69 Å². The maximum Gasteiger partial charge on any atom is 0.252 e. The van der Waals surface area contributed by atoms with Crippen LogP contribution in [0.5, 0.6) is 0 Å². The number of carbonyl (C=O) groups is 1. The van der Waals surface area contributed by atoms with Crippen molar-refractivity contribution in [2.75, 3.05) is 11.9 Å². The van der Waals surface area contributed by atoms with Crippen molar-refractivity contribution in [2.45, 2.75) is 18.9 Å². The Kier molecular flexibility index (Phi) is 4.72. The number of carbonyl (C=O) groups excluding carboxylic acids is 1. The third kappa shape index (κ3) is 3.31. The van der Waals surface area contributed by atoms with E-state index in [0.29, 0.717) is 5.69 Å². The zero-order chi connectivity index (χ0) is 11.5. The lowest BCUT2D eigenvalue weighted by molar-refractivity contribution is -0.117. The molecule has 0 bridgehead atoms. The molecule has 2 heterocycles. The summed E-state index contributed by atoms with van der Waals surface area (Å²) in [6.07, 6.45) is 3.52. The van der Waals surface area contributed by atoms with Gasteiger partial charge in [-0.05, 0) is 25.5 Å². The number of hydrogen-bond donors (Lipinski definition) is 2. The zero-order valence-corrected chi connectivity index (χ0v) is 10.4. The quantitative estimate of drug-likeness (QED) is 0.811. The van der Waals surface area contributed by atoms with E-state index >= 15 is 0 Å². The normalized spacial score (nSPS) is 18.5. The van der Waals surface area contributed by atoms with Crippen molar-refractivity contribution in [3.8, 4) is 0 Å². The van der Waals surface area contributed by atoms with Crippen molar-refractivity contribution in [3.05, 3.63) is 28.7 Å². The molecule has 0 radical (unpaired) electrons. The number of pyridine rings is 1. The van der Waals surface area contributed by atoms with E-state index in [2.05, 4.69) is 10.6 Å². The lowest BCUT2D eigenvalue weighted by Crippen LogP contribution is -2.35. The van der Waals surface area contributed by atoms with Crippen LogP contribution < -0.4 is 16.2 Å². The first-order chi connectivity index (χ1) is 7.66. The number of aromatic nitrogens is 1. The lowest BCUT2D eigenvalue weighted by Gasteiger charge is -2.10. The number of aryl methyl sites for hydroxylation is 1. The molecule has 1 aliphatic heterocycles. The molecule has 1 aromatic rings. The number of nitrogens with zero attached hydrogens (tertiary/aromatic N) is 1. The van der Waals surface area contributed by atoms with Gasteiger partial charge >= 0.3 is 0 Å². The van der Waals surface area contributed by atoms with E-state index in [1.807, 2.05) is 0 Å². The van der Waals surface area contributed by atoms with E-state index < -0.39 is 0 Å². The van der Waals surface area contributed by atoms with Crippen LogP contribution in [0.2, 0.25) is 0 Å². The molecule has 0 aromatic carbocycles. The summed E-state index contributed by atoms with van der Waals surface area (Å²) in [5, 5.41) is 5.84. The summed E-state index contributed by atoms with van der Waals surface area (Å²) in [5.41, 5.74) is 0.430. The van der Waals surface area contributed by atoms with Gasteiger partial charge in [-0.1, -0.05) is 0 Å². The van der Waals surface area contributed by atoms with Crippen molar-refractivity contribution in [1.29, 1.82) is 0 Å². The van der Waals surface area contributed by atoms with Crippen molar-refractivity contribution < 1.29 is 4.79 Å². The summed E-state index contributed by atoms with van der Waals surface area (Å²) in [6, 6.07) is 3.02. The molecule has 1 aliphatic rings. The number of nitrogens with one attached hydrogen (secondary N) is 2. The molecule has 0 spiro atoms. The molecule has 17 heavy (non-hydrogen) atoms. The van der Waals surface area contributed by atoms with Gasteiger partial charge < -0.3 is 15.2 Å². The van der Waals surface area contributed by atoms with Gasteiger partial charge in [0, 0.05) is 25.0 Å². The molecule has 0 unspecified atom stereocenters. The second-order valence-electron chi connectivity index (χ2n) is 4.00. The summed E-state index contributed by atoms with van der Waals surface area (Å²) in [6.45, 7) is 0.884. The maximum atomic E-state index is 11.7. The molecular formula is C11H16ClN3O2. The minimum Gasteiger partial charge on any atom is -0.324 e. The summed E-state index contributed by atoms with van der Waals surface area (Å²) in [5.74, 6) is -0.0641. The Bertz CT molecular complexity index is 452. The van der Waals surface area contributed by atoms with E-state index in [1.165, 1.54) is 10.6 Å². The highest BCUT2D eigenvalue weighted by Crippen LogP contribution is 2.08. The van der Waals surface area contributed by atoms with Crippen molar-refractivity contribution in [2.24, 2.45) is 7.05 Å². The Morgan fingerprint density at radius 3 is 2.94 bits per heavy atom. The lowest BCUT2D eigenvalue weighted by atomic mass is 10.2. The molecule has 1 saturated heterocycles. The largest absolute Gasteiger partial charge is 0.324 e. The van der Waals surface area contributed by atoms with E-state index in [4.69, 9.17) is 0 Å². The van der Waals surface area contributed by atoms with Crippen LogP contribution in [0.15, 0.2) is 23.1 Å². The third-order valence-corrected chi connectivity index (χ3v) is 2.75. The van der Waals surface area contributed by atoms with E-state index in [-0.39, 0.29) is 29.9 Å². The predicted molar refractivity (Wildman–Crippen MR) is 68.6 cm³/mol. The van der Waals surface area contributed by atoms with Gasteiger partial charge in [-0.3, -0.25) is 9.59 Å². The van der Waals surface area contributed by atoms with E-state index in [9.17, 15) is 9.59 Å². The fourth-order valence-electron chi connectivity index (χ4n) is 1.76. The minimum atomic E-state index is -0.128. The van der Waals surface area contributed by atoms with Crippen molar-refractivity contribution in [1.82, 2.24) is 9.88 Å². The molecule has 2 N–H and O–H groups in total. The Labute approximate surface area is 106 Å². The molecule has 2 rings (SSSR count). The van der Waals surface area contributed by atoms with Crippen LogP contribution in [0.25, 0.3) is 0 Å². The number of hydrogen-bond acceptors (Lipinski definition) is 3. The molecule has 1 atom stereocenters. The highest BCUT2D eigenvalue weighted by Gasteiger charge is 2.21. The number of halogens is 1. The Morgan fingerprint density at radius 2 is 2.35 bits per heavy atom. The molecule has 94 valence electrons. The Balaban J connectivity index is 0.00000144. The van der Waals surface area contributed by atoms with Gasteiger partial charge in [-0.25, -0.2) is 0 Å². The molecule has 0 saturated carbocycles. The van der Waals surface area contributed by atoms with Gasteiger partial charge in [0.05, 0.1) is 6.04 Å². The first-order valence-corrected chi connectivity index (χ1v) is 5.38. The van der Waals surface area contributed by atoms with E-state index in [1.54, 1.807) is 19.3 Å². The highest BCUT2D eigenvalue weighted by atomic mass is 35.5.